The molecule has 0 aliphatic carbocycles. The Morgan fingerprint density at radius 2 is 2.19 bits per heavy atom. The smallest absolute Gasteiger partial charge is 0.267 e. The second-order valence-corrected chi connectivity index (χ2v) is 6.65. The lowest BCUT2D eigenvalue weighted by atomic mass is 10.3. The van der Waals surface area contributed by atoms with Gasteiger partial charge in [-0.05, 0) is 12.1 Å². The summed E-state index contributed by atoms with van der Waals surface area (Å²) in [5.41, 5.74) is 0.513. The topological polar surface area (TPSA) is 64.4 Å². The summed E-state index contributed by atoms with van der Waals surface area (Å²) in [6, 6.07) is 6.84. The molecule has 0 aliphatic rings. The van der Waals surface area contributed by atoms with Crippen LogP contribution in [-0.4, -0.2) is 38.2 Å². The molecular weight excluding hydrogens is 314 g/mol. The highest BCUT2D eigenvalue weighted by Crippen LogP contribution is 2.25. The molecule has 2 rings (SSSR count). The highest BCUT2D eigenvalue weighted by molar-refractivity contribution is 7.92. The predicted molar refractivity (Wildman–Crippen MR) is 81.5 cm³/mol. The van der Waals surface area contributed by atoms with Crippen molar-refractivity contribution in [3.63, 3.8) is 0 Å². The maximum Gasteiger partial charge on any atom is 0.267 e. The summed E-state index contributed by atoms with van der Waals surface area (Å²) in [6.45, 7) is 0.458. The third-order valence-electron chi connectivity index (χ3n) is 3.00. The Morgan fingerprint density at radius 3 is 2.86 bits per heavy atom. The van der Waals surface area contributed by atoms with Crippen molar-refractivity contribution in [1.29, 1.82) is 0 Å². The van der Waals surface area contributed by atoms with E-state index < -0.39 is 10.0 Å². The minimum absolute atomic E-state index is 0.123. The summed E-state index contributed by atoms with van der Waals surface area (Å²) >= 11 is 5.62. The van der Waals surface area contributed by atoms with Crippen molar-refractivity contribution in [2.45, 2.75) is 11.4 Å². The molecule has 114 valence electrons. The summed E-state index contributed by atoms with van der Waals surface area (Å²) in [7, 11) is -0.643. The minimum Gasteiger partial charge on any atom is -0.497 e. The minimum atomic E-state index is -3.66. The molecule has 1 aromatic heterocycles. The van der Waals surface area contributed by atoms with Crippen molar-refractivity contribution in [1.82, 2.24) is 9.78 Å². The van der Waals surface area contributed by atoms with Gasteiger partial charge in [0.25, 0.3) is 10.0 Å². The van der Waals surface area contributed by atoms with E-state index in [9.17, 15) is 8.42 Å². The number of sulfonamides is 1. The number of methoxy groups -OCH3 is 1. The molecule has 0 saturated heterocycles. The van der Waals surface area contributed by atoms with E-state index in [-0.39, 0.29) is 4.90 Å². The van der Waals surface area contributed by atoms with Crippen LogP contribution in [0, 0.1) is 0 Å². The SMILES string of the molecule is COc1cccc(N(C)S(=O)(=O)c2cnn(CCCl)c2)c1. The molecule has 0 bridgehead atoms. The first kappa shape index (κ1) is 15.7. The number of rotatable bonds is 6. The van der Waals surface area contributed by atoms with Crippen molar-refractivity contribution in [3.05, 3.63) is 36.7 Å². The fourth-order valence-electron chi connectivity index (χ4n) is 1.79. The number of alkyl halides is 1. The van der Waals surface area contributed by atoms with Crippen molar-refractivity contribution < 1.29 is 13.2 Å². The maximum atomic E-state index is 12.5. The van der Waals surface area contributed by atoms with Crippen LogP contribution >= 0.6 is 11.6 Å². The number of ether oxygens (including phenoxy) is 1. The molecule has 1 aromatic carbocycles. The van der Waals surface area contributed by atoms with Gasteiger partial charge in [0, 0.05) is 25.2 Å². The average molecular weight is 330 g/mol. The van der Waals surface area contributed by atoms with Gasteiger partial charge in [-0.3, -0.25) is 8.99 Å². The summed E-state index contributed by atoms with van der Waals surface area (Å²) in [5.74, 6) is 0.958. The standard InChI is InChI=1S/C13H16ClN3O3S/c1-16(11-4-3-5-12(8-11)20-2)21(18,19)13-9-15-17(10-13)7-6-14/h3-5,8-10H,6-7H2,1-2H3. The van der Waals surface area contributed by atoms with Gasteiger partial charge < -0.3 is 4.74 Å². The van der Waals surface area contributed by atoms with Gasteiger partial charge in [0.2, 0.25) is 0 Å². The molecule has 0 spiro atoms. The molecule has 0 N–H and O–H groups in total. The molecule has 8 heteroatoms. The van der Waals surface area contributed by atoms with Gasteiger partial charge in [0.05, 0.1) is 25.5 Å². The van der Waals surface area contributed by atoms with E-state index in [0.29, 0.717) is 23.9 Å². The van der Waals surface area contributed by atoms with Crippen LogP contribution in [0.3, 0.4) is 0 Å². The summed E-state index contributed by atoms with van der Waals surface area (Å²) in [4.78, 5) is 0.123. The van der Waals surface area contributed by atoms with Gasteiger partial charge >= 0.3 is 0 Å². The van der Waals surface area contributed by atoms with Crippen LogP contribution in [0.25, 0.3) is 0 Å². The van der Waals surface area contributed by atoms with E-state index in [0.717, 1.165) is 0 Å². The Balaban J connectivity index is 2.32. The molecule has 0 saturated carbocycles. The van der Waals surface area contributed by atoms with Crippen molar-refractivity contribution in [2.24, 2.45) is 0 Å². The monoisotopic (exact) mass is 329 g/mol. The molecule has 0 unspecified atom stereocenters. The highest BCUT2D eigenvalue weighted by Gasteiger charge is 2.23. The van der Waals surface area contributed by atoms with E-state index in [1.165, 1.54) is 35.5 Å². The third kappa shape index (κ3) is 3.30. The van der Waals surface area contributed by atoms with E-state index in [1.807, 2.05) is 0 Å². The lowest BCUT2D eigenvalue weighted by Crippen LogP contribution is -2.26. The molecular formula is C13H16ClN3O3S. The van der Waals surface area contributed by atoms with Gasteiger partial charge in [0.1, 0.15) is 10.6 Å². The Hall–Kier alpha value is -1.73. The fourth-order valence-corrected chi connectivity index (χ4v) is 3.11. The second-order valence-electron chi connectivity index (χ2n) is 4.30. The van der Waals surface area contributed by atoms with Gasteiger partial charge in [-0.25, -0.2) is 8.42 Å². The van der Waals surface area contributed by atoms with Crippen LogP contribution in [0.15, 0.2) is 41.6 Å². The number of halogens is 1. The molecule has 6 nitrogen and oxygen atoms in total. The van der Waals surface area contributed by atoms with Crippen LogP contribution in [0.2, 0.25) is 0 Å². The van der Waals surface area contributed by atoms with Crippen LogP contribution in [0.1, 0.15) is 0 Å². The molecule has 0 radical (unpaired) electrons. The Kier molecular flexibility index (Phi) is 4.74. The van der Waals surface area contributed by atoms with Crippen molar-refractivity contribution in [2.75, 3.05) is 24.3 Å². The Labute approximate surface area is 128 Å². The Bertz CT molecular complexity index is 715. The normalized spacial score (nSPS) is 11.4. The van der Waals surface area contributed by atoms with Gasteiger partial charge in [-0.15, -0.1) is 11.6 Å². The van der Waals surface area contributed by atoms with Gasteiger partial charge in [0.15, 0.2) is 0 Å². The first-order chi connectivity index (χ1) is 9.98. The first-order valence-corrected chi connectivity index (χ1v) is 8.18. The zero-order chi connectivity index (χ0) is 15.5. The predicted octanol–water partition coefficient (Wildman–Crippen LogP) is 1.96. The van der Waals surface area contributed by atoms with Crippen LogP contribution in [0.4, 0.5) is 5.69 Å². The van der Waals surface area contributed by atoms with E-state index in [2.05, 4.69) is 5.10 Å². The summed E-state index contributed by atoms with van der Waals surface area (Å²) < 4.78 is 32.9. The molecule has 0 amide bonds. The number of aryl methyl sites for hydroxylation is 1. The van der Waals surface area contributed by atoms with E-state index in [4.69, 9.17) is 16.3 Å². The molecule has 0 atom stereocenters. The third-order valence-corrected chi connectivity index (χ3v) is 4.91. The lowest BCUT2D eigenvalue weighted by Gasteiger charge is -2.18. The zero-order valence-electron chi connectivity index (χ0n) is 11.7. The van der Waals surface area contributed by atoms with Crippen molar-refractivity contribution >= 4 is 27.3 Å². The molecule has 0 aliphatic heterocycles. The van der Waals surface area contributed by atoms with Crippen LogP contribution in [-0.2, 0) is 16.6 Å². The first-order valence-electron chi connectivity index (χ1n) is 6.20. The number of benzene rings is 1. The zero-order valence-corrected chi connectivity index (χ0v) is 13.3. The fraction of sp³-hybridized carbons (Fsp3) is 0.308. The van der Waals surface area contributed by atoms with E-state index >= 15 is 0 Å². The largest absolute Gasteiger partial charge is 0.497 e. The molecule has 0 fully saturated rings. The number of nitrogens with zero attached hydrogens (tertiary/aromatic N) is 3. The molecule has 2 aromatic rings. The van der Waals surface area contributed by atoms with Crippen LogP contribution < -0.4 is 9.04 Å². The van der Waals surface area contributed by atoms with Gasteiger partial charge in [-0.2, -0.15) is 5.10 Å². The molecule has 1 heterocycles. The van der Waals surface area contributed by atoms with Crippen LogP contribution in [0.5, 0.6) is 5.75 Å². The number of hydrogen-bond donors (Lipinski definition) is 0. The van der Waals surface area contributed by atoms with E-state index in [1.54, 1.807) is 24.3 Å². The number of anilines is 1. The maximum absolute atomic E-state index is 12.5. The number of hydrogen-bond acceptors (Lipinski definition) is 4. The Morgan fingerprint density at radius 1 is 1.43 bits per heavy atom. The quantitative estimate of drug-likeness (QED) is 0.760. The average Bonchev–Trinajstić information content (AvgIpc) is 2.96. The highest BCUT2D eigenvalue weighted by atomic mass is 35.5. The number of aromatic nitrogens is 2. The van der Waals surface area contributed by atoms with Crippen molar-refractivity contribution in [3.8, 4) is 5.75 Å². The summed E-state index contributed by atoms with van der Waals surface area (Å²) in [5, 5.41) is 3.98. The van der Waals surface area contributed by atoms with Gasteiger partial charge in [-0.1, -0.05) is 6.07 Å². The lowest BCUT2D eigenvalue weighted by molar-refractivity contribution is 0.415. The summed E-state index contributed by atoms with van der Waals surface area (Å²) in [6.07, 6.45) is 2.78. The second kappa shape index (κ2) is 6.36. The molecule has 21 heavy (non-hydrogen) atoms.